The maximum absolute atomic E-state index is 6.18. The summed E-state index contributed by atoms with van der Waals surface area (Å²) in [6.45, 7) is 2.44. The van der Waals surface area contributed by atoms with Crippen molar-refractivity contribution in [1.29, 1.82) is 0 Å². The minimum absolute atomic E-state index is 0.334. The first kappa shape index (κ1) is 13.1. The second-order valence-corrected chi connectivity index (χ2v) is 4.50. The molecule has 2 aromatic rings. The van der Waals surface area contributed by atoms with Gasteiger partial charge in [0, 0.05) is 6.42 Å². The van der Waals surface area contributed by atoms with Crippen LogP contribution in [0.1, 0.15) is 18.1 Å². The lowest BCUT2D eigenvalue weighted by Crippen LogP contribution is -2.03. The van der Waals surface area contributed by atoms with Gasteiger partial charge < -0.3 is 9.72 Å². The van der Waals surface area contributed by atoms with Crippen molar-refractivity contribution >= 4 is 23.8 Å². The zero-order valence-corrected chi connectivity index (χ0v) is 11.5. The van der Waals surface area contributed by atoms with E-state index in [0.717, 1.165) is 11.1 Å². The number of hydrogen-bond donors (Lipinski definition) is 1. The Bertz CT molecular complexity index is 583. The predicted octanol–water partition coefficient (Wildman–Crippen LogP) is 3.78. The molecule has 0 saturated heterocycles. The molecule has 0 atom stereocenters. The van der Waals surface area contributed by atoms with Crippen molar-refractivity contribution in [2.45, 2.75) is 13.3 Å². The van der Waals surface area contributed by atoms with Gasteiger partial charge in [-0.15, -0.1) is 0 Å². The van der Waals surface area contributed by atoms with Gasteiger partial charge in [-0.1, -0.05) is 41.9 Å². The number of rotatable bonds is 4. The molecule has 2 rings (SSSR count). The normalized spacial score (nSPS) is 10.3. The maximum atomic E-state index is 6.18. The third kappa shape index (κ3) is 3.09. The van der Waals surface area contributed by atoms with Crippen molar-refractivity contribution in [3.8, 4) is 5.88 Å². The third-order valence-corrected chi connectivity index (χ3v) is 2.96. The maximum Gasteiger partial charge on any atom is 0.222 e. The molecular formula is C13H13ClN2OS. The molecule has 1 N–H and O–H groups in total. The molecule has 5 heteroatoms. The smallest absolute Gasteiger partial charge is 0.222 e. The number of ether oxygens (including phenoxy) is 1. The van der Waals surface area contributed by atoms with Gasteiger partial charge in [0.2, 0.25) is 10.7 Å². The van der Waals surface area contributed by atoms with E-state index in [0.29, 0.717) is 28.8 Å². The Morgan fingerprint density at radius 2 is 2.06 bits per heavy atom. The zero-order chi connectivity index (χ0) is 13.0. The van der Waals surface area contributed by atoms with Crippen molar-refractivity contribution < 1.29 is 4.74 Å². The van der Waals surface area contributed by atoms with E-state index in [2.05, 4.69) is 9.97 Å². The monoisotopic (exact) mass is 280 g/mol. The lowest BCUT2D eigenvalue weighted by molar-refractivity contribution is 0.322. The quantitative estimate of drug-likeness (QED) is 0.684. The number of H-pyrrole nitrogens is 1. The van der Waals surface area contributed by atoms with Crippen LogP contribution in [-0.4, -0.2) is 16.6 Å². The Morgan fingerprint density at radius 3 is 2.72 bits per heavy atom. The van der Waals surface area contributed by atoms with Gasteiger partial charge in [0.05, 0.1) is 12.2 Å². The topological polar surface area (TPSA) is 37.9 Å². The van der Waals surface area contributed by atoms with Gasteiger partial charge >= 0.3 is 0 Å². The molecule has 0 amide bonds. The molecule has 1 aromatic carbocycles. The van der Waals surface area contributed by atoms with Crippen molar-refractivity contribution in [1.82, 2.24) is 9.97 Å². The summed E-state index contributed by atoms with van der Waals surface area (Å²) in [5, 5.41) is 0.488. The van der Waals surface area contributed by atoms with E-state index in [1.807, 2.05) is 37.3 Å². The Balaban J connectivity index is 2.40. The van der Waals surface area contributed by atoms with Crippen LogP contribution in [0.5, 0.6) is 5.88 Å². The van der Waals surface area contributed by atoms with E-state index in [-0.39, 0.29) is 0 Å². The SMILES string of the molecule is CCOc1nc(=S)[nH]c(Cl)c1Cc1ccccc1. The summed E-state index contributed by atoms with van der Waals surface area (Å²) in [4.78, 5) is 7.02. The number of nitrogens with zero attached hydrogens (tertiary/aromatic N) is 1. The molecule has 18 heavy (non-hydrogen) atoms. The average Bonchev–Trinajstić information content (AvgIpc) is 2.35. The fourth-order valence-corrected chi connectivity index (χ4v) is 2.14. The summed E-state index contributed by atoms with van der Waals surface area (Å²) in [6, 6.07) is 10.0. The molecule has 0 bridgehead atoms. The van der Waals surface area contributed by atoms with E-state index >= 15 is 0 Å². The average molecular weight is 281 g/mol. The lowest BCUT2D eigenvalue weighted by atomic mass is 10.1. The molecule has 0 aliphatic carbocycles. The molecule has 1 aromatic heterocycles. The number of hydrogen-bond acceptors (Lipinski definition) is 3. The Labute approximate surface area is 116 Å². The molecule has 0 fully saturated rings. The molecule has 0 aliphatic heterocycles. The highest BCUT2D eigenvalue weighted by Crippen LogP contribution is 2.25. The molecule has 0 radical (unpaired) electrons. The fourth-order valence-electron chi connectivity index (χ4n) is 1.66. The molecule has 94 valence electrons. The Hall–Kier alpha value is -1.39. The summed E-state index contributed by atoms with van der Waals surface area (Å²) in [6.07, 6.45) is 0.661. The highest BCUT2D eigenvalue weighted by atomic mass is 35.5. The van der Waals surface area contributed by atoms with Gasteiger partial charge in [0.1, 0.15) is 5.15 Å². The highest BCUT2D eigenvalue weighted by Gasteiger charge is 2.11. The van der Waals surface area contributed by atoms with E-state index in [4.69, 9.17) is 28.6 Å². The van der Waals surface area contributed by atoms with E-state index < -0.39 is 0 Å². The van der Waals surface area contributed by atoms with Gasteiger partial charge in [0.25, 0.3) is 0 Å². The van der Waals surface area contributed by atoms with E-state index in [9.17, 15) is 0 Å². The number of halogens is 1. The first-order valence-electron chi connectivity index (χ1n) is 5.66. The molecule has 3 nitrogen and oxygen atoms in total. The van der Waals surface area contributed by atoms with E-state index in [1.54, 1.807) is 0 Å². The second kappa shape index (κ2) is 5.98. The van der Waals surface area contributed by atoms with Crippen molar-refractivity contribution in [2.24, 2.45) is 0 Å². The Morgan fingerprint density at radius 1 is 1.33 bits per heavy atom. The molecule has 0 spiro atoms. The van der Waals surface area contributed by atoms with Gasteiger partial charge in [-0.2, -0.15) is 4.98 Å². The van der Waals surface area contributed by atoms with Crippen LogP contribution in [0, 0.1) is 4.77 Å². The molecule has 0 aliphatic rings. The number of aromatic amines is 1. The fraction of sp³-hybridized carbons (Fsp3) is 0.231. The standard InChI is InChI=1S/C13H13ClN2OS/c1-2-17-12-10(11(14)15-13(18)16-12)8-9-6-4-3-5-7-9/h3-7H,2,8H2,1H3,(H,15,16,18). The summed E-state index contributed by atoms with van der Waals surface area (Å²) in [5.74, 6) is 0.509. The summed E-state index contributed by atoms with van der Waals surface area (Å²) in [5.41, 5.74) is 1.98. The van der Waals surface area contributed by atoms with Crippen molar-refractivity contribution in [3.63, 3.8) is 0 Å². The number of aromatic nitrogens is 2. The summed E-state index contributed by atoms with van der Waals surface area (Å²) < 4.78 is 5.82. The second-order valence-electron chi connectivity index (χ2n) is 3.74. The minimum Gasteiger partial charge on any atom is -0.478 e. The lowest BCUT2D eigenvalue weighted by Gasteiger charge is -2.10. The summed E-state index contributed by atoms with van der Waals surface area (Å²) in [7, 11) is 0. The molecule has 0 saturated carbocycles. The highest BCUT2D eigenvalue weighted by molar-refractivity contribution is 7.71. The van der Waals surface area contributed by atoms with Gasteiger partial charge in [-0.05, 0) is 24.7 Å². The largest absolute Gasteiger partial charge is 0.478 e. The van der Waals surface area contributed by atoms with Crippen LogP contribution in [0.4, 0.5) is 0 Å². The third-order valence-electron chi connectivity index (χ3n) is 2.45. The van der Waals surface area contributed by atoms with Crippen molar-refractivity contribution in [2.75, 3.05) is 6.61 Å². The van der Waals surface area contributed by atoms with Gasteiger partial charge in [0.15, 0.2) is 0 Å². The predicted molar refractivity (Wildman–Crippen MR) is 74.8 cm³/mol. The number of nitrogens with one attached hydrogen (secondary N) is 1. The first-order valence-corrected chi connectivity index (χ1v) is 6.44. The van der Waals surface area contributed by atoms with Crippen LogP contribution in [0.15, 0.2) is 30.3 Å². The molecular weight excluding hydrogens is 268 g/mol. The van der Waals surface area contributed by atoms with Crippen molar-refractivity contribution in [3.05, 3.63) is 51.4 Å². The van der Waals surface area contributed by atoms with Crippen LogP contribution in [-0.2, 0) is 6.42 Å². The minimum atomic E-state index is 0.334. The van der Waals surface area contributed by atoms with E-state index in [1.165, 1.54) is 0 Å². The van der Waals surface area contributed by atoms with Crippen LogP contribution in [0.2, 0.25) is 5.15 Å². The van der Waals surface area contributed by atoms with Crippen LogP contribution in [0.25, 0.3) is 0 Å². The Kier molecular flexibility index (Phi) is 4.33. The van der Waals surface area contributed by atoms with Gasteiger partial charge in [-0.25, -0.2) is 0 Å². The number of benzene rings is 1. The van der Waals surface area contributed by atoms with Gasteiger partial charge in [-0.3, -0.25) is 0 Å². The summed E-state index contributed by atoms with van der Waals surface area (Å²) >= 11 is 11.2. The zero-order valence-electron chi connectivity index (χ0n) is 9.94. The first-order chi connectivity index (χ1) is 8.70. The van der Waals surface area contributed by atoms with Crippen LogP contribution < -0.4 is 4.74 Å². The molecule has 0 unspecified atom stereocenters. The molecule has 1 heterocycles. The van der Waals surface area contributed by atoms with Crippen LogP contribution >= 0.6 is 23.8 Å². The van der Waals surface area contributed by atoms with Crippen LogP contribution in [0.3, 0.4) is 0 Å².